The molecule has 2 aromatic carbocycles. The number of aliphatic hydroxyl groups is 2. The first kappa shape index (κ1) is 73.7. The molecule has 4 aliphatic rings. The van der Waals surface area contributed by atoms with E-state index >= 15 is 0 Å². The van der Waals surface area contributed by atoms with Crippen LogP contribution in [-0.4, -0.2) is 175 Å². The number of hydrogen-bond acceptors (Lipinski definition) is 19. The minimum atomic E-state index is -4.73. The molecule has 2 fully saturated rings. The molecule has 4 aromatic rings. The summed E-state index contributed by atoms with van der Waals surface area (Å²) in [4.78, 5) is 60.4. The van der Waals surface area contributed by atoms with Gasteiger partial charge in [0.25, 0.3) is 0 Å². The van der Waals surface area contributed by atoms with Crippen molar-refractivity contribution < 1.29 is 112 Å². The molecule has 2 saturated heterocycles. The summed E-state index contributed by atoms with van der Waals surface area (Å²) in [6.45, 7) is 14.0. The summed E-state index contributed by atoms with van der Waals surface area (Å²) in [5.41, 5.74) is 3.42. The molecule has 2 amide bonds. The van der Waals surface area contributed by atoms with E-state index in [2.05, 4.69) is 39.9 Å². The Morgan fingerprint density at radius 2 is 1.14 bits per heavy atom. The van der Waals surface area contributed by atoms with Gasteiger partial charge in [-0.3, -0.25) is 9.59 Å². The summed E-state index contributed by atoms with van der Waals surface area (Å²) < 4.78 is 77.9. The van der Waals surface area contributed by atoms with E-state index in [1.165, 1.54) is 58.2 Å². The maximum Gasteiger partial charge on any atom is 1.00 e. The first-order valence-corrected chi connectivity index (χ1v) is 34.0. The van der Waals surface area contributed by atoms with Gasteiger partial charge >= 0.3 is 63.3 Å². The molecule has 0 saturated carbocycles. The van der Waals surface area contributed by atoms with Crippen LogP contribution in [0.5, 0.6) is 0 Å². The number of aliphatic hydroxyl groups excluding tert-OH is 2. The van der Waals surface area contributed by atoms with Crippen molar-refractivity contribution in [3.63, 3.8) is 0 Å². The maximum atomic E-state index is 13.0. The van der Waals surface area contributed by atoms with Crippen LogP contribution in [-0.2, 0) is 53.7 Å². The molecule has 0 radical (unpaired) electrons. The summed E-state index contributed by atoms with van der Waals surface area (Å²) in [5.74, 6) is -0.0855. The number of anilines is 1. The van der Waals surface area contributed by atoms with E-state index in [4.69, 9.17) is 0 Å². The summed E-state index contributed by atoms with van der Waals surface area (Å²) in [6, 6.07) is 8.94. The summed E-state index contributed by atoms with van der Waals surface area (Å²) in [5, 5.41) is 49.8. The van der Waals surface area contributed by atoms with Crippen LogP contribution in [0.1, 0.15) is 116 Å². The van der Waals surface area contributed by atoms with E-state index < -0.39 is 53.1 Å². The fourth-order valence-corrected chi connectivity index (χ4v) is 13.9. The zero-order valence-corrected chi connectivity index (χ0v) is 57.9. The topological polar surface area (TPSA) is 348 Å². The molecular weight excluding hydrogens is 1250 g/mol. The van der Waals surface area contributed by atoms with Gasteiger partial charge in [0.15, 0.2) is 5.71 Å². The molecule has 29 heteroatoms. The van der Waals surface area contributed by atoms with Crippen LogP contribution in [0.4, 0.5) is 23.3 Å². The van der Waals surface area contributed by atoms with Crippen molar-refractivity contribution in [2.75, 3.05) is 70.3 Å². The van der Waals surface area contributed by atoms with Crippen molar-refractivity contribution in [1.82, 2.24) is 39.5 Å². The zero-order chi connectivity index (χ0) is 65.7. The molecular formula is C63H85KN12O14S2. The number of imidazole rings is 2. The van der Waals surface area contributed by atoms with Crippen molar-refractivity contribution >= 4 is 61.0 Å². The van der Waals surface area contributed by atoms with Crippen molar-refractivity contribution in [2.24, 2.45) is 11.8 Å². The monoisotopic (exact) mass is 1340 g/mol. The van der Waals surface area contributed by atoms with E-state index in [1.54, 1.807) is 12.1 Å². The number of benzene rings is 2. The Kier molecular flexibility index (Phi) is 26.6. The van der Waals surface area contributed by atoms with Gasteiger partial charge in [0.05, 0.1) is 40.5 Å². The molecule has 92 heavy (non-hydrogen) atoms. The summed E-state index contributed by atoms with van der Waals surface area (Å²) in [6.07, 6.45) is 25.7. The number of unbranched alkanes of at least 4 members (excludes halogenated alkanes) is 4. The fraction of sp³-hybridized carbons (Fsp3) is 0.540. The molecule has 2 aromatic heterocycles. The van der Waals surface area contributed by atoms with E-state index in [1.807, 2.05) is 70.2 Å². The van der Waals surface area contributed by atoms with Crippen LogP contribution < -0.4 is 66.9 Å². The molecule has 8 rings (SSSR count). The van der Waals surface area contributed by atoms with Gasteiger partial charge in [0.2, 0.25) is 17.5 Å². The molecule has 2 unspecified atom stereocenters. The Morgan fingerprint density at radius 3 is 1.65 bits per heavy atom. The van der Waals surface area contributed by atoms with Crippen molar-refractivity contribution in [2.45, 2.75) is 151 Å². The number of hydrogen-bond donors (Lipinski definition) is 4. The molecule has 494 valence electrons. The number of nitrogens with zero attached hydrogens (tertiary/aromatic N) is 10. The predicted molar refractivity (Wildman–Crippen MR) is 339 cm³/mol. The van der Waals surface area contributed by atoms with Gasteiger partial charge in [-0.2, -0.15) is 4.58 Å². The average molecular weight is 1340 g/mol. The number of fused-ring (bicyclic) bond motifs is 2. The van der Waals surface area contributed by atoms with Gasteiger partial charge in [0, 0.05) is 86.5 Å². The van der Waals surface area contributed by atoms with Gasteiger partial charge < -0.3 is 64.9 Å². The summed E-state index contributed by atoms with van der Waals surface area (Å²) >= 11 is 0. The Morgan fingerprint density at radius 1 is 0.663 bits per heavy atom. The number of β-amino-alcohol motifs (C(OH)–C–C–N with tert-alkyl or cyclic N) is 2. The van der Waals surface area contributed by atoms with Crippen LogP contribution in [0.25, 0.3) is 0 Å². The fourth-order valence-electron chi connectivity index (χ4n) is 12.9. The second-order valence-corrected chi connectivity index (χ2v) is 27.9. The quantitative estimate of drug-likeness (QED) is 0.0104. The molecule has 6 heterocycles. The third-order valence-electron chi connectivity index (χ3n) is 17.9. The van der Waals surface area contributed by atoms with Crippen LogP contribution in [0, 0.1) is 32.1 Å². The first-order chi connectivity index (χ1) is 43.2. The zero-order valence-electron chi connectivity index (χ0n) is 53.2. The van der Waals surface area contributed by atoms with E-state index in [9.17, 15) is 66.0 Å². The van der Waals surface area contributed by atoms with E-state index in [0.717, 1.165) is 100 Å². The SMILES string of the molecule is CC1(C)C(/C=C/C=C/C=C/C=C2/N(CCCCCC(=O)NCC3CCN(CC(O)Cn4ccnc4[N+](=O)[O-])CC3)c3ccc(S(=O)(=O)[O-])cc3C2(C)C)=[N+](CCCCCC(=O)NCC2CCN(CC(O)Cn3ccnc3[N+](=O)[O-])CC2)c2ccc(S(=O)(=O)[O-])cc21.[K+]. The molecule has 0 bridgehead atoms. The molecule has 0 spiro atoms. The number of carbonyl (C=O) groups is 2. The number of rotatable bonds is 32. The van der Waals surface area contributed by atoms with Gasteiger partial charge in [-0.1, -0.05) is 60.6 Å². The molecule has 26 nitrogen and oxygen atoms in total. The Balaban J connectivity index is 0.0000120. The van der Waals surface area contributed by atoms with Crippen LogP contribution in [0.3, 0.4) is 0 Å². The molecule has 4 N–H and O–H groups in total. The minimum absolute atomic E-state index is 0. The maximum absolute atomic E-state index is 13.0. The minimum Gasteiger partial charge on any atom is -0.744 e. The van der Waals surface area contributed by atoms with Crippen molar-refractivity contribution in [3.05, 3.63) is 141 Å². The number of allylic oxidation sites excluding steroid dienone is 8. The van der Waals surface area contributed by atoms with Crippen LogP contribution in [0.15, 0.2) is 119 Å². The van der Waals surface area contributed by atoms with Crippen LogP contribution >= 0.6 is 0 Å². The number of carbonyl (C=O) groups excluding carboxylic acids is 2. The van der Waals surface area contributed by atoms with E-state index in [0.29, 0.717) is 87.9 Å². The van der Waals surface area contributed by atoms with Gasteiger partial charge in [-0.25, -0.2) is 26.0 Å². The number of nitrogens with one attached hydrogen (secondary N) is 2. The number of aromatic nitrogens is 4. The number of amides is 2. The molecule has 4 aliphatic heterocycles. The first-order valence-electron chi connectivity index (χ1n) is 31.2. The van der Waals surface area contributed by atoms with Crippen molar-refractivity contribution in [3.8, 4) is 0 Å². The van der Waals surface area contributed by atoms with Gasteiger partial charge in [0.1, 0.15) is 51.6 Å². The number of piperidine rings is 2. The predicted octanol–water partition coefficient (Wildman–Crippen LogP) is 3.33. The third kappa shape index (κ3) is 19.7. The molecule has 0 aliphatic carbocycles. The number of likely N-dealkylation sites (tertiary alicyclic amines) is 2. The van der Waals surface area contributed by atoms with E-state index in [-0.39, 0.29) is 98.0 Å². The second kappa shape index (κ2) is 33.1. The van der Waals surface area contributed by atoms with Crippen LogP contribution in [0.2, 0.25) is 0 Å². The summed E-state index contributed by atoms with van der Waals surface area (Å²) in [7, 11) is -9.45. The smallest absolute Gasteiger partial charge is 0.744 e. The average Bonchev–Trinajstić information content (AvgIpc) is 1.60. The molecule has 2 atom stereocenters. The largest absolute Gasteiger partial charge is 1.00 e. The normalized spacial score (nSPS) is 18.4. The van der Waals surface area contributed by atoms with Gasteiger partial charge in [-0.05, 0) is 155 Å². The third-order valence-corrected chi connectivity index (χ3v) is 19.5. The number of nitro groups is 2. The Bertz CT molecular complexity index is 3640. The second-order valence-electron chi connectivity index (χ2n) is 25.2. The van der Waals surface area contributed by atoms with Gasteiger partial charge in [-0.15, -0.1) is 0 Å². The van der Waals surface area contributed by atoms with Crippen molar-refractivity contribution in [1.29, 1.82) is 0 Å². The Labute approximate surface area is 580 Å². The Hall–Kier alpha value is -5.67. The standard InChI is InChI=1S/C63H86N12O14S2.K/c1-62(2)52-38-50(90(84,85)86)20-22-54(52)72(30-14-8-12-18-58(78)66-40-46-24-32-68(33-25-46)42-48(76)44-70-36-28-64-60(70)74(80)81)56(62)16-10-6-5-7-11-17-57-63(3,4)53-39-51(91(87,88)89)21-23-55(53)73(57)31-15-9-13-19-59(79)67-41-47-26-34-69(35-27-47)43-49(77)45-71-37-29-65-61(71)75(82)83;/h5-7,10-11,16-17,20-23,28-29,36-39,46-49,76-77H,8-9,12-15,18-19,24-27,30-35,40-45H2,1-4H3,(H3-,66,67,78,79,84,85,86,87,88,89);/q;+1/p-1.